The van der Waals surface area contributed by atoms with Crippen molar-refractivity contribution in [2.24, 2.45) is 0 Å². The van der Waals surface area contributed by atoms with Gasteiger partial charge in [-0.1, -0.05) is 0 Å². The van der Waals surface area contributed by atoms with E-state index in [-0.39, 0.29) is 0 Å². The fraction of sp³-hybridized carbons (Fsp3) is 0.100. The predicted molar refractivity (Wildman–Crippen MR) is 60.4 cm³/mol. The second-order valence-corrected chi connectivity index (χ2v) is 3.77. The molecule has 72 valence electrons. The molecule has 0 aliphatic rings. The fourth-order valence-corrected chi connectivity index (χ4v) is 1.85. The van der Waals surface area contributed by atoms with E-state index in [1.54, 1.807) is 13.3 Å². The summed E-state index contributed by atoms with van der Waals surface area (Å²) in [7, 11) is 1.63. The third-order valence-electron chi connectivity index (χ3n) is 2.00. The third kappa shape index (κ3) is 1.42. The van der Waals surface area contributed by atoms with E-state index < -0.39 is 0 Å². The van der Waals surface area contributed by atoms with Crippen LogP contribution in [0.5, 0.6) is 5.75 Å². The Labute approximate surface area is 90.0 Å². The lowest BCUT2D eigenvalue weighted by atomic mass is 10.2. The van der Waals surface area contributed by atoms with E-state index in [1.165, 1.54) is 0 Å². The van der Waals surface area contributed by atoms with Crippen molar-refractivity contribution in [1.29, 1.82) is 0 Å². The van der Waals surface area contributed by atoms with Crippen LogP contribution >= 0.6 is 15.9 Å². The van der Waals surface area contributed by atoms with Crippen molar-refractivity contribution in [1.82, 2.24) is 4.98 Å². The zero-order chi connectivity index (χ0) is 10.1. The van der Waals surface area contributed by atoms with Crippen LogP contribution in [-0.4, -0.2) is 12.1 Å². The first-order valence-corrected chi connectivity index (χ1v) is 4.89. The number of ether oxygens (including phenoxy) is 1. The first kappa shape index (κ1) is 9.27. The minimum absolute atomic E-state index is 0.704. The first-order chi connectivity index (χ1) is 6.72. The quantitative estimate of drug-likeness (QED) is 0.794. The van der Waals surface area contributed by atoms with Gasteiger partial charge in [-0.05, 0) is 34.1 Å². The molecule has 0 saturated heterocycles. The Balaban J connectivity index is 2.84. The Bertz CT molecular complexity index is 480. The monoisotopic (exact) mass is 252 g/mol. The number of hydrogen-bond acceptors (Lipinski definition) is 3. The van der Waals surface area contributed by atoms with Gasteiger partial charge >= 0.3 is 0 Å². The molecule has 3 nitrogen and oxygen atoms in total. The van der Waals surface area contributed by atoms with Crippen LogP contribution < -0.4 is 10.5 Å². The molecule has 0 atom stereocenters. The van der Waals surface area contributed by atoms with Crippen LogP contribution in [0.3, 0.4) is 0 Å². The number of hydrogen-bond donors (Lipinski definition) is 1. The zero-order valence-corrected chi connectivity index (χ0v) is 9.21. The van der Waals surface area contributed by atoms with Crippen LogP contribution in [0.25, 0.3) is 10.9 Å². The number of nitrogen functional groups attached to an aromatic ring is 1. The molecule has 0 spiro atoms. The lowest BCUT2D eigenvalue weighted by molar-refractivity contribution is 0.417. The first-order valence-electron chi connectivity index (χ1n) is 4.10. The van der Waals surface area contributed by atoms with Gasteiger partial charge in [-0.25, -0.2) is 0 Å². The molecule has 0 aliphatic carbocycles. The van der Waals surface area contributed by atoms with Gasteiger partial charge in [-0.15, -0.1) is 0 Å². The van der Waals surface area contributed by atoms with Gasteiger partial charge in [0.05, 0.1) is 17.1 Å². The van der Waals surface area contributed by atoms with Gasteiger partial charge < -0.3 is 10.5 Å². The maximum absolute atomic E-state index is 5.70. The van der Waals surface area contributed by atoms with Crippen LogP contribution in [-0.2, 0) is 0 Å². The molecule has 0 bridgehead atoms. The van der Waals surface area contributed by atoms with Crippen LogP contribution in [0.15, 0.2) is 28.9 Å². The maximum Gasteiger partial charge on any atom is 0.144 e. The highest BCUT2D eigenvalue weighted by Gasteiger charge is 2.06. The van der Waals surface area contributed by atoms with E-state index in [0.717, 1.165) is 21.1 Å². The molecule has 1 aromatic heterocycles. The normalized spacial score (nSPS) is 10.4. The highest BCUT2D eigenvalue weighted by Crippen LogP contribution is 2.32. The molecule has 14 heavy (non-hydrogen) atoms. The van der Waals surface area contributed by atoms with Crippen molar-refractivity contribution in [3.05, 3.63) is 28.9 Å². The largest absolute Gasteiger partial charge is 0.495 e. The minimum Gasteiger partial charge on any atom is -0.495 e. The number of halogens is 1. The minimum atomic E-state index is 0.704. The lowest BCUT2D eigenvalue weighted by Crippen LogP contribution is -1.91. The van der Waals surface area contributed by atoms with Crippen molar-refractivity contribution in [3.8, 4) is 5.75 Å². The topological polar surface area (TPSA) is 48.1 Å². The van der Waals surface area contributed by atoms with Gasteiger partial charge in [0.2, 0.25) is 0 Å². The van der Waals surface area contributed by atoms with Crippen LogP contribution in [0.4, 0.5) is 5.69 Å². The second kappa shape index (κ2) is 3.46. The van der Waals surface area contributed by atoms with Gasteiger partial charge in [0, 0.05) is 17.3 Å². The number of pyridine rings is 1. The molecule has 0 aliphatic heterocycles. The Morgan fingerprint density at radius 1 is 1.43 bits per heavy atom. The summed E-state index contributed by atoms with van der Waals surface area (Å²) in [6.07, 6.45) is 1.72. The number of nitrogens with zero attached hydrogens (tertiary/aromatic N) is 1. The molecule has 0 fully saturated rings. The van der Waals surface area contributed by atoms with Gasteiger partial charge in [0.1, 0.15) is 5.75 Å². The van der Waals surface area contributed by atoms with Crippen LogP contribution in [0, 0.1) is 0 Å². The average Bonchev–Trinajstić information content (AvgIpc) is 2.17. The van der Waals surface area contributed by atoms with Gasteiger partial charge in [0.25, 0.3) is 0 Å². The molecular weight excluding hydrogens is 244 g/mol. The average molecular weight is 253 g/mol. The Kier molecular flexibility index (Phi) is 2.29. The van der Waals surface area contributed by atoms with E-state index in [1.807, 2.05) is 18.2 Å². The van der Waals surface area contributed by atoms with E-state index in [0.29, 0.717) is 5.69 Å². The standard InChI is InChI=1S/C10H9BrN2O/c1-14-10-7-4-6(12)2-3-9(7)13-5-8(10)11/h2-5H,12H2,1H3. The molecule has 2 aromatic rings. The Hall–Kier alpha value is -1.29. The molecule has 1 aromatic carbocycles. The summed E-state index contributed by atoms with van der Waals surface area (Å²) in [5.41, 5.74) is 7.28. The molecule has 4 heteroatoms. The number of anilines is 1. The number of nitrogens with two attached hydrogens (primary N) is 1. The summed E-state index contributed by atoms with van der Waals surface area (Å²) in [6.45, 7) is 0. The van der Waals surface area contributed by atoms with Crippen molar-refractivity contribution >= 4 is 32.5 Å². The highest BCUT2D eigenvalue weighted by atomic mass is 79.9. The summed E-state index contributed by atoms with van der Waals surface area (Å²) < 4.78 is 6.10. The van der Waals surface area contributed by atoms with Crippen molar-refractivity contribution in [2.75, 3.05) is 12.8 Å². The molecule has 2 rings (SSSR count). The van der Waals surface area contributed by atoms with E-state index in [2.05, 4.69) is 20.9 Å². The molecular formula is C10H9BrN2O. The van der Waals surface area contributed by atoms with Crippen LogP contribution in [0.1, 0.15) is 0 Å². The molecule has 1 heterocycles. The number of rotatable bonds is 1. The Morgan fingerprint density at radius 2 is 2.21 bits per heavy atom. The zero-order valence-electron chi connectivity index (χ0n) is 7.62. The number of methoxy groups -OCH3 is 1. The van der Waals surface area contributed by atoms with Crippen LogP contribution in [0.2, 0.25) is 0 Å². The molecule has 0 radical (unpaired) electrons. The Morgan fingerprint density at radius 3 is 2.93 bits per heavy atom. The summed E-state index contributed by atoms with van der Waals surface area (Å²) in [5.74, 6) is 0.766. The number of fused-ring (bicyclic) bond motifs is 1. The second-order valence-electron chi connectivity index (χ2n) is 2.92. The predicted octanol–water partition coefficient (Wildman–Crippen LogP) is 2.59. The SMILES string of the molecule is COc1c(Br)cnc2ccc(N)cc12. The van der Waals surface area contributed by atoms with Gasteiger partial charge in [0.15, 0.2) is 0 Å². The summed E-state index contributed by atoms with van der Waals surface area (Å²) in [5, 5.41) is 0.918. The summed E-state index contributed by atoms with van der Waals surface area (Å²) >= 11 is 3.37. The third-order valence-corrected chi connectivity index (χ3v) is 2.57. The molecule has 0 saturated carbocycles. The smallest absolute Gasteiger partial charge is 0.144 e. The molecule has 0 amide bonds. The summed E-state index contributed by atoms with van der Waals surface area (Å²) in [6, 6.07) is 5.55. The maximum atomic E-state index is 5.70. The van der Waals surface area contributed by atoms with E-state index in [9.17, 15) is 0 Å². The van der Waals surface area contributed by atoms with Crippen molar-refractivity contribution < 1.29 is 4.74 Å². The molecule has 0 unspecified atom stereocenters. The van der Waals surface area contributed by atoms with E-state index in [4.69, 9.17) is 10.5 Å². The highest BCUT2D eigenvalue weighted by molar-refractivity contribution is 9.10. The number of benzene rings is 1. The van der Waals surface area contributed by atoms with Gasteiger partial charge in [-0.3, -0.25) is 4.98 Å². The van der Waals surface area contributed by atoms with Crippen molar-refractivity contribution in [2.45, 2.75) is 0 Å². The summed E-state index contributed by atoms with van der Waals surface area (Å²) in [4.78, 5) is 4.25. The van der Waals surface area contributed by atoms with Gasteiger partial charge in [-0.2, -0.15) is 0 Å². The van der Waals surface area contributed by atoms with Crippen molar-refractivity contribution in [3.63, 3.8) is 0 Å². The number of aromatic nitrogens is 1. The fourth-order valence-electron chi connectivity index (χ4n) is 1.37. The lowest BCUT2D eigenvalue weighted by Gasteiger charge is -2.07. The van der Waals surface area contributed by atoms with E-state index >= 15 is 0 Å². The molecule has 2 N–H and O–H groups in total.